The van der Waals surface area contributed by atoms with Crippen LogP contribution in [0.15, 0.2) is 72.9 Å². The zero-order chi connectivity index (χ0) is 18.4. The van der Waals surface area contributed by atoms with Gasteiger partial charge in [0.2, 0.25) is 0 Å². The molecular formula is C22H32O2. The van der Waals surface area contributed by atoms with E-state index in [1.165, 1.54) is 57.1 Å². The van der Waals surface area contributed by atoms with Gasteiger partial charge >= 0.3 is 5.97 Å². The van der Waals surface area contributed by atoms with Crippen molar-refractivity contribution in [3.8, 4) is 0 Å². The van der Waals surface area contributed by atoms with Crippen molar-refractivity contribution < 1.29 is 9.90 Å². The first-order valence-corrected chi connectivity index (χ1v) is 8.98. The molecule has 0 aromatic heterocycles. The highest BCUT2D eigenvalue weighted by molar-refractivity contribution is 5.80. The van der Waals surface area contributed by atoms with Gasteiger partial charge in [-0.25, -0.2) is 4.79 Å². The maximum Gasteiger partial charge on any atom is 0.328 e. The largest absolute Gasteiger partial charge is 0.478 e. The number of carboxylic acid groups (broad SMARTS) is 1. The Hall–Kier alpha value is -2.09. The standard InChI is InChI=1S/C22H32O2/c1-2-3-4-5-6-7-8-9-10-11-12-13-14-15-16-17-18-19-20-21-22(23)24/h10-21H,2-9H2,1H3,(H,23,24)/i/hD. The maximum atomic E-state index is 10.6. The lowest BCUT2D eigenvalue weighted by molar-refractivity contribution is -0.131. The summed E-state index contributed by atoms with van der Waals surface area (Å²) in [5.41, 5.74) is 0. The summed E-state index contributed by atoms with van der Waals surface area (Å²) >= 11 is 0. The van der Waals surface area contributed by atoms with E-state index in [-0.39, 0.29) is 0 Å². The van der Waals surface area contributed by atoms with Crippen LogP contribution in [0, 0.1) is 0 Å². The lowest BCUT2D eigenvalue weighted by atomic mass is 10.1. The maximum absolute atomic E-state index is 10.6. The molecule has 0 radical (unpaired) electrons. The SMILES string of the molecule is [2H]OC(=O)C=CC=CC=CC=CC=CC=CCCCCCCCCC. The van der Waals surface area contributed by atoms with Gasteiger partial charge in [0.1, 0.15) is 0 Å². The van der Waals surface area contributed by atoms with Crippen molar-refractivity contribution in [2.45, 2.75) is 58.3 Å². The number of hydrogen-bond acceptors (Lipinski definition) is 2. The zero-order valence-electron chi connectivity index (χ0n) is 15.9. The second kappa shape index (κ2) is 19.0. The van der Waals surface area contributed by atoms with Crippen LogP contribution in [0.1, 0.15) is 58.3 Å². The smallest absolute Gasteiger partial charge is 0.328 e. The van der Waals surface area contributed by atoms with Gasteiger partial charge in [-0.15, -0.1) is 0 Å². The highest BCUT2D eigenvalue weighted by atomic mass is 16.4. The van der Waals surface area contributed by atoms with Crippen LogP contribution in [-0.2, 0) is 4.79 Å². The number of carbonyl (C=O) groups is 1. The summed E-state index contributed by atoms with van der Waals surface area (Å²) in [4.78, 5) is 10.6. The number of rotatable bonds is 14. The highest BCUT2D eigenvalue weighted by Crippen LogP contribution is 2.08. The van der Waals surface area contributed by atoms with Gasteiger partial charge in [0, 0.05) is 6.08 Å². The summed E-state index contributed by atoms with van der Waals surface area (Å²) in [6.45, 7) is 2.25. The first-order valence-electron chi connectivity index (χ1n) is 9.39. The molecule has 1 N–H and O–H groups in total. The molecule has 0 saturated carbocycles. The normalized spacial score (nSPS) is 13.5. The van der Waals surface area contributed by atoms with Crippen molar-refractivity contribution in [1.82, 2.24) is 0 Å². The van der Waals surface area contributed by atoms with E-state index in [1.807, 2.05) is 36.5 Å². The molecule has 0 aliphatic rings. The molecule has 2 heteroatoms. The third-order valence-corrected chi connectivity index (χ3v) is 3.34. The zero-order valence-corrected chi connectivity index (χ0v) is 14.9. The summed E-state index contributed by atoms with van der Waals surface area (Å²) in [5.74, 6) is -0.682. The summed E-state index contributed by atoms with van der Waals surface area (Å²) < 4.78 is 6.36. The first-order chi connectivity index (χ1) is 12.3. The molecule has 0 rings (SSSR count). The molecular weight excluding hydrogens is 296 g/mol. The fraction of sp³-hybridized carbons (Fsp3) is 0.409. The number of aliphatic carboxylic acids is 1. The molecule has 0 aliphatic heterocycles. The Labute approximate surface area is 149 Å². The molecule has 0 amide bonds. The minimum Gasteiger partial charge on any atom is -0.478 e. The molecule has 0 aromatic carbocycles. The van der Waals surface area contributed by atoms with Gasteiger partial charge < -0.3 is 5.11 Å². The van der Waals surface area contributed by atoms with Crippen LogP contribution in [0.3, 0.4) is 0 Å². The van der Waals surface area contributed by atoms with E-state index in [0.29, 0.717) is 0 Å². The van der Waals surface area contributed by atoms with Crippen molar-refractivity contribution >= 4 is 5.97 Å². The van der Waals surface area contributed by atoms with Crippen LogP contribution >= 0.6 is 0 Å². The molecule has 0 heterocycles. The topological polar surface area (TPSA) is 37.3 Å². The van der Waals surface area contributed by atoms with E-state index >= 15 is 0 Å². The molecule has 24 heavy (non-hydrogen) atoms. The second-order valence-electron chi connectivity index (χ2n) is 5.56. The predicted octanol–water partition coefficient (Wildman–Crippen LogP) is 6.55. The lowest BCUT2D eigenvalue weighted by Gasteiger charge is -1.98. The van der Waals surface area contributed by atoms with Gasteiger partial charge in [-0.05, 0) is 12.8 Å². The monoisotopic (exact) mass is 329 g/mol. The summed E-state index contributed by atoms with van der Waals surface area (Å²) in [6, 6.07) is 0. The number of carboxylic acids is 1. The molecule has 132 valence electrons. The van der Waals surface area contributed by atoms with Gasteiger partial charge in [-0.3, -0.25) is 0 Å². The Balaban J connectivity index is 3.61. The van der Waals surface area contributed by atoms with Crippen molar-refractivity contribution in [2.24, 2.45) is 0 Å². The average Bonchev–Trinajstić information content (AvgIpc) is 2.63. The molecule has 0 spiro atoms. The van der Waals surface area contributed by atoms with E-state index in [4.69, 9.17) is 1.43 Å². The summed E-state index contributed by atoms with van der Waals surface area (Å²) in [5, 5.41) is 3.74. The predicted molar refractivity (Wildman–Crippen MR) is 105 cm³/mol. The van der Waals surface area contributed by atoms with Crippen LogP contribution in [0.2, 0.25) is 0 Å². The van der Waals surface area contributed by atoms with Gasteiger partial charge in [-0.1, -0.05) is 112 Å². The lowest BCUT2D eigenvalue weighted by Crippen LogP contribution is -1.84. The van der Waals surface area contributed by atoms with Crippen LogP contribution in [0.5, 0.6) is 0 Å². The molecule has 0 unspecified atom stereocenters. The molecule has 0 saturated heterocycles. The van der Waals surface area contributed by atoms with E-state index in [0.717, 1.165) is 6.42 Å². The Morgan fingerprint density at radius 2 is 1.25 bits per heavy atom. The number of allylic oxidation sites excluding steroid dienone is 11. The van der Waals surface area contributed by atoms with Gasteiger partial charge in [0.15, 0.2) is 0 Å². The molecule has 2 nitrogen and oxygen atoms in total. The van der Waals surface area contributed by atoms with Gasteiger partial charge in [-0.2, -0.15) is 0 Å². The number of unbranched alkanes of at least 4 members (excludes halogenated alkanes) is 7. The summed E-state index contributed by atoms with van der Waals surface area (Å²) in [7, 11) is 0. The molecule has 0 fully saturated rings. The molecule has 0 atom stereocenters. The Bertz CT molecular complexity index is 482. The van der Waals surface area contributed by atoms with Gasteiger partial charge in [0.25, 0.3) is 1.43 Å². The molecule has 0 aromatic rings. The minimum atomic E-state index is -0.682. The van der Waals surface area contributed by atoms with E-state index < -0.39 is 5.97 Å². The van der Waals surface area contributed by atoms with E-state index in [1.54, 1.807) is 12.2 Å². The third kappa shape index (κ3) is 19.9. The fourth-order valence-electron chi connectivity index (χ4n) is 2.04. The average molecular weight is 330 g/mol. The third-order valence-electron chi connectivity index (χ3n) is 3.34. The van der Waals surface area contributed by atoms with Crippen molar-refractivity contribution in [3.63, 3.8) is 0 Å². The minimum absolute atomic E-state index is 0.682. The summed E-state index contributed by atoms with van der Waals surface area (Å²) in [6.07, 6.45) is 32.9. The molecule has 0 bridgehead atoms. The number of hydrogen-bond donors (Lipinski definition) is 1. The fourth-order valence-corrected chi connectivity index (χ4v) is 2.04. The van der Waals surface area contributed by atoms with Gasteiger partial charge in [0.05, 0.1) is 0 Å². The van der Waals surface area contributed by atoms with Crippen molar-refractivity contribution in [2.75, 3.05) is 0 Å². The Morgan fingerprint density at radius 3 is 1.83 bits per heavy atom. The van der Waals surface area contributed by atoms with Crippen LogP contribution < -0.4 is 0 Å². The van der Waals surface area contributed by atoms with Crippen molar-refractivity contribution in [1.29, 1.82) is 1.43 Å². The van der Waals surface area contributed by atoms with E-state index in [9.17, 15) is 4.79 Å². The first kappa shape index (κ1) is 20.0. The van der Waals surface area contributed by atoms with Crippen LogP contribution in [0.25, 0.3) is 1.43 Å². The van der Waals surface area contributed by atoms with Crippen LogP contribution in [-0.4, -0.2) is 11.1 Å². The Kier molecular flexibility index (Phi) is 15.8. The quantitative estimate of drug-likeness (QED) is 0.223. The molecule has 0 aliphatic carbocycles. The van der Waals surface area contributed by atoms with Crippen LogP contribution in [0.4, 0.5) is 0 Å². The Morgan fingerprint density at radius 1 is 0.750 bits per heavy atom. The second-order valence-corrected chi connectivity index (χ2v) is 5.56. The van der Waals surface area contributed by atoms with Crippen molar-refractivity contribution in [3.05, 3.63) is 72.9 Å². The highest BCUT2D eigenvalue weighted by Gasteiger charge is 1.88. The van der Waals surface area contributed by atoms with E-state index in [2.05, 4.69) is 24.2 Å².